The Bertz CT molecular complexity index is 664. The fourth-order valence-corrected chi connectivity index (χ4v) is 1.55. The fraction of sp³-hybridized carbons (Fsp3) is 0.0833. The van der Waals surface area contributed by atoms with Crippen LogP contribution in [0.1, 0.15) is 0 Å². The van der Waals surface area contributed by atoms with Crippen molar-refractivity contribution in [3.8, 4) is 0 Å². The van der Waals surface area contributed by atoms with E-state index in [1.165, 1.54) is 12.1 Å². The Morgan fingerprint density at radius 3 is 2.65 bits per heavy atom. The van der Waals surface area contributed by atoms with Crippen LogP contribution in [0.5, 0.6) is 0 Å². The van der Waals surface area contributed by atoms with Crippen molar-refractivity contribution in [1.29, 1.82) is 0 Å². The predicted molar refractivity (Wildman–Crippen MR) is 70.1 cm³/mol. The molecule has 0 unspecified atom stereocenters. The van der Waals surface area contributed by atoms with Gasteiger partial charge in [-0.25, -0.2) is 13.8 Å². The third kappa shape index (κ3) is 2.79. The highest BCUT2D eigenvalue weighted by Crippen LogP contribution is 2.28. The highest BCUT2D eigenvalue weighted by molar-refractivity contribution is 5.67. The molecule has 1 aromatic heterocycles. The zero-order valence-corrected chi connectivity index (χ0v) is 10.4. The molecule has 0 spiro atoms. The lowest BCUT2D eigenvalue weighted by Gasteiger charge is -2.09. The second-order valence-electron chi connectivity index (χ2n) is 3.82. The van der Waals surface area contributed by atoms with E-state index >= 15 is 0 Å². The lowest BCUT2D eigenvalue weighted by Crippen LogP contribution is -2.03. The van der Waals surface area contributed by atoms with Crippen LogP contribution in [0.25, 0.3) is 0 Å². The second kappa shape index (κ2) is 5.47. The van der Waals surface area contributed by atoms with E-state index in [9.17, 15) is 18.9 Å². The van der Waals surface area contributed by atoms with Crippen LogP contribution in [0, 0.1) is 21.7 Å². The van der Waals surface area contributed by atoms with Crippen LogP contribution in [0.15, 0.2) is 30.3 Å². The number of pyridine rings is 1. The van der Waals surface area contributed by atoms with Gasteiger partial charge >= 0.3 is 5.69 Å². The molecule has 8 heteroatoms. The van der Waals surface area contributed by atoms with Crippen molar-refractivity contribution in [2.24, 2.45) is 0 Å². The molecule has 0 radical (unpaired) electrons. The number of nitro groups is 1. The van der Waals surface area contributed by atoms with Crippen molar-refractivity contribution in [2.75, 3.05) is 17.7 Å². The Hall–Kier alpha value is -2.77. The standard InChI is InChI=1S/C12H10F2N4O2/c1-15-11-5-4-10(18(19)20)12(17-11)16-9-6-7(13)2-3-8(9)14/h2-6H,1H3,(H2,15,16,17). The minimum Gasteiger partial charge on any atom is -0.373 e. The molecule has 20 heavy (non-hydrogen) atoms. The first kappa shape index (κ1) is 13.7. The first-order valence-corrected chi connectivity index (χ1v) is 5.56. The normalized spacial score (nSPS) is 10.2. The van der Waals surface area contributed by atoms with Gasteiger partial charge in [0.1, 0.15) is 17.5 Å². The van der Waals surface area contributed by atoms with E-state index in [1.54, 1.807) is 7.05 Å². The molecule has 1 aromatic carbocycles. The maximum atomic E-state index is 13.5. The van der Waals surface area contributed by atoms with Crippen LogP contribution >= 0.6 is 0 Å². The van der Waals surface area contributed by atoms with Crippen LogP contribution in [-0.2, 0) is 0 Å². The topological polar surface area (TPSA) is 80.1 Å². The summed E-state index contributed by atoms with van der Waals surface area (Å²) in [6.07, 6.45) is 0. The van der Waals surface area contributed by atoms with E-state index < -0.39 is 16.6 Å². The molecule has 1 heterocycles. The molecule has 0 amide bonds. The van der Waals surface area contributed by atoms with Crippen LogP contribution in [0.3, 0.4) is 0 Å². The monoisotopic (exact) mass is 280 g/mol. The van der Waals surface area contributed by atoms with Gasteiger partial charge in [0.25, 0.3) is 0 Å². The van der Waals surface area contributed by atoms with Gasteiger partial charge in [0.05, 0.1) is 10.6 Å². The van der Waals surface area contributed by atoms with Gasteiger partial charge in [-0.3, -0.25) is 10.1 Å². The van der Waals surface area contributed by atoms with Gasteiger partial charge in [-0.1, -0.05) is 0 Å². The number of benzene rings is 1. The van der Waals surface area contributed by atoms with Crippen LogP contribution < -0.4 is 10.6 Å². The van der Waals surface area contributed by atoms with Crippen LogP contribution in [0.4, 0.5) is 31.8 Å². The molecule has 0 fully saturated rings. The number of hydrogen-bond donors (Lipinski definition) is 2. The van der Waals surface area contributed by atoms with Crippen molar-refractivity contribution < 1.29 is 13.7 Å². The summed E-state index contributed by atoms with van der Waals surface area (Å²) >= 11 is 0. The fourth-order valence-electron chi connectivity index (χ4n) is 1.55. The summed E-state index contributed by atoms with van der Waals surface area (Å²) in [5.41, 5.74) is -0.568. The summed E-state index contributed by atoms with van der Waals surface area (Å²) in [7, 11) is 1.58. The SMILES string of the molecule is CNc1ccc([N+](=O)[O-])c(Nc2cc(F)ccc2F)n1. The highest BCUT2D eigenvalue weighted by atomic mass is 19.1. The lowest BCUT2D eigenvalue weighted by molar-refractivity contribution is -0.384. The minimum atomic E-state index is -0.739. The molecule has 0 saturated carbocycles. The average molecular weight is 280 g/mol. The zero-order valence-electron chi connectivity index (χ0n) is 10.4. The zero-order chi connectivity index (χ0) is 14.7. The van der Waals surface area contributed by atoms with Crippen LogP contribution in [-0.4, -0.2) is 17.0 Å². The van der Waals surface area contributed by atoms with E-state index in [2.05, 4.69) is 15.6 Å². The molecule has 0 aliphatic rings. The molecule has 0 saturated heterocycles. The number of anilines is 3. The summed E-state index contributed by atoms with van der Waals surface area (Å²) in [6, 6.07) is 5.40. The van der Waals surface area contributed by atoms with E-state index in [4.69, 9.17) is 0 Å². The molecule has 0 aliphatic heterocycles. The summed E-state index contributed by atoms with van der Waals surface area (Å²) < 4.78 is 26.6. The average Bonchev–Trinajstić information content (AvgIpc) is 2.42. The number of aromatic nitrogens is 1. The van der Waals surface area contributed by atoms with Crippen molar-refractivity contribution in [1.82, 2.24) is 4.98 Å². The van der Waals surface area contributed by atoms with Crippen LogP contribution in [0.2, 0.25) is 0 Å². The Morgan fingerprint density at radius 2 is 2.00 bits per heavy atom. The molecule has 104 valence electrons. The summed E-state index contributed by atoms with van der Waals surface area (Å²) in [5.74, 6) is -1.22. The number of hydrogen-bond acceptors (Lipinski definition) is 5. The molecule has 6 nitrogen and oxygen atoms in total. The van der Waals surface area contributed by atoms with E-state index in [1.807, 2.05) is 0 Å². The largest absolute Gasteiger partial charge is 0.373 e. The smallest absolute Gasteiger partial charge is 0.311 e. The summed E-state index contributed by atoms with van der Waals surface area (Å²) in [4.78, 5) is 14.2. The van der Waals surface area contributed by atoms with Gasteiger partial charge in [0, 0.05) is 19.2 Å². The predicted octanol–water partition coefficient (Wildman–Crippen LogP) is 3.05. The number of nitrogens with zero attached hydrogens (tertiary/aromatic N) is 2. The Kier molecular flexibility index (Phi) is 3.74. The van der Waals surface area contributed by atoms with Gasteiger partial charge < -0.3 is 10.6 Å². The van der Waals surface area contributed by atoms with Crippen molar-refractivity contribution in [3.05, 3.63) is 52.1 Å². The van der Waals surface area contributed by atoms with E-state index in [0.29, 0.717) is 5.82 Å². The first-order valence-electron chi connectivity index (χ1n) is 5.56. The quantitative estimate of drug-likeness (QED) is 0.664. The third-order valence-corrected chi connectivity index (χ3v) is 2.51. The maximum absolute atomic E-state index is 13.5. The van der Waals surface area contributed by atoms with Gasteiger partial charge in [-0.05, 0) is 18.2 Å². The molecule has 0 atom stereocenters. The molecular formula is C12H10F2N4O2. The van der Waals surface area contributed by atoms with Crippen molar-refractivity contribution in [2.45, 2.75) is 0 Å². The molecule has 2 rings (SSSR count). The van der Waals surface area contributed by atoms with Gasteiger partial charge in [0.15, 0.2) is 0 Å². The van der Waals surface area contributed by atoms with E-state index in [-0.39, 0.29) is 17.2 Å². The Balaban J connectivity index is 2.45. The molecule has 0 aliphatic carbocycles. The van der Waals surface area contributed by atoms with Gasteiger partial charge in [-0.15, -0.1) is 0 Å². The molecule has 2 N–H and O–H groups in total. The Morgan fingerprint density at radius 1 is 1.25 bits per heavy atom. The molecular weight excluding hydrogens is 270 g/mol. The molecule has 0 bridgehead atoms. The van der Waals surface area contributed by atoms with Gasteiger partial charge in [0.2, 0.25) is 5.82 Å². The number of rotatable bonds is 4. The summed E-state index contributed by atoms with van der Waals surface area (Å²) in [6.45, 7) is 0. The maximum Gasteiger partial charge on any atom is 0.311 e. The number of nitrogens with one attached hydrogen (secondary N) is 2. The Labute approximate surface area is 112 Å². The van der Waals surface area contributed by atoms with Crippen molar-refractivity contribution >= 4 is 23.0 Å². The third-order valence-electron chi connectivity index (χ3n) is 2.51. The highest BCUT2D eigenvalue weighted by Gasteiger charge is 2.17. The van der Waals surface area contributed by atoms with Gasteiger partial charge in [-0.2, -0.15) is 0 Å². The molecule has 2 aromatic rings. The number of halogens is 2. The lowest BCUT2D eigenvalue weighted by atomic mass is 10.3. The minimum absolute atomic E-state index is 0.175. The van der Waals surface area contributed by atoms with Crippen molar-refractivity contribution in [3.63, 3.8) is 0 Å². The van der Waals surface area contributed by atoms with E-state index in [0.717, 1.165) is 18.2 Å². The summed E-state index contributed by atoms with van der Waals surface area (Å²) in [5, 5.41) is 16.0. The first-order chi connectivity index (χ1) is 9.51. The second-order valence-corrected chi connectivity index (χ2v) is 3.82.